The second-order valence-electron chi connectivity index (χ2n) is 6.85. The lowest BCUT2D eigenvalue weighted by molar-refractivity contribution is -0.385. The molecule has 31 heavy (non-hydrogen) atoms. The van der Waals surface area contributed by atoms with Crippen LogP contribution in [0.2, 0.25) is 0 Å². The summed E-state index contributed by atoms with van der Waals surface area (Å²) in [7, 11) is 6.42. The molecule has 0 aliphatic carbocycles. The van der Waals surface area contributed by atoms with Gasteiger partial charge in [0.05, 0.1) is 35.4 Å². The van der Waals surface area contributed by atoms with Crippen LogP contribution in [0, 0.1) is 15.9 Å². The minimum Gasteiger partial charge on any atom is -0.493 e. The van der Waals surface area contributed by atoms with Gasteiger partial charge in [-0.15, -0.1) is 0 Å². The number of carbonyl (C=O) groups excluding carboxylic acids is 1. The van der Waals surface area contributed by atoms with Crippen molar-refractivity contribution in [3.63, 3.8) is 0 Å². The van der Waals surface area contributed by atoms with Crippen LogP contribution in [0.25, 0.3) is 10.2 Å². The fraction of sp³-hybridized carbons (Fsp3) is 0.300. The molecule has 0 N–H and O–H groups in total. The molecule has 11 heteroatoms. The highest BCUT2D eigenvalue weighted by atomic mass is 32.1. The molecule has 1 aromatic heterocycles. The van der Waals surface area contributed by atoms with Crippen LogP contribution < -0.4 is 14.4 Å². The van der Waals surface area contributed by atoms with Gasteiger partial charge < -0.3 is 14.4 Å². The summed E-state index contributed by atoms with van der Waals surface area (Å²) < 4.78 is 24.5. The van der Waals surface area contributed by atoms with Crippen LogP contribution in [0.15, 0.2) is 30.3 Å². The van der Waals surface area contributed by atoms with Gasteiger partial charge in [-0.1, -0.05) is 11.3 Å². The van der Waals surface area contributed by atoms with Crippen LogP contribution in [0.3, 0.4) is 0 Å². The smallest absolute Gasteiger partial charge is 0.286 e. The monoisotopic (exact) mass is 448 g/mol. The maximum absolute atomic E-state index is 13.6. The van der Waals surface area contributed by atoms with Crippen molar-refractivity contribution in [2.45, 2.75) is 0 Å². The van der Waals surface area contributed by atoms with Crippen molar-refractivity contribution in [1.29, 1.82) is 0 Å². The summed E-state index contributed by atoms with van der Waals surface area (Å²) in [6, 6.07) is 6.60. The Morgan fingerprint density at radius 3 is 2.45 bits per heavy atom. The molecule has 9 nitrogen and oxygen atoms in total. The van der Waals surface area contributed by atoms with E-state index in [2.05, 4.69) is 4.98 Å². The normalized spacial score (nSPS) is 11.0. The molecule has 0 unspecified atom stereocenters. The Kier molecular flexibility index (Phi) is 6.66. The maximum atomic E-state index is 13.6. The van der Waals surface area contributed by atoms with Gasteiger partial charge >= 0.3 is 0 Å². The number of nitrogens with zero attached hydrogens (tertiary/aromatic N) is 4. The molecule has 164 valence electrons. The van der Waals surface area contributed by atoms with Crippen molar-refractivity contribution in [3.8, 4) is 11.5 Å². The average molecular weight is 448 g/mol. The molecular weight excluding hydrogens is 427 g/mol. The number of amides is 1. The second kappa shape index (κ2) is 9.23. The molecule has 3 aromatic rings. The van der Waals surface area contributed by atoms with Gasteiger partial charge in [0.25, 0.3) is 11.6 Å². The minimum atomic E-state index is -0.646. The zero-order valence-corrected chi connectivity index (χ0v) is 18.2. The van der Waals surface area contributed by atoms with Crippen molar-refractivity contribution in [1.82, 2.24) is 9.88 Å². The van der Waals surface area contributed by atoms with Gasteiger partial charge in [-0.3, -0.25) is 19.8 Å². The number of ether oxygens (including phenoxy) is 2. The Hall–Kier alpha value is -3.31. The molecule has 0 atom stereocenters. The number of rotatable bonds is 8. The van der Waals surface area contributed by atoms with E-state index in [1.165, 1.54) is 43.4 Å². The lowest BCUT2D eigenvalue weighted by atomic mass is 10.1. The number of benzene rings is 2. The molecule has 0 fully saturated rings. The maximum Gasteiger partial charge on any atom is 0.286 e. The van der Waals surface area contributed by atoms with E-state index in [-0.39, 0.29) is 23.6 Å². The van der Waals surface area contributed by atoms with E-state index in [4.69, 9.17) is 9.47 Å². The van der Waals surface area contributed by atoms with Crippen molar-refractivity contribution in [2.24, 2.45) is 0 Å². The van der Waals surface area contributed by atoms with Crippen LogP contribution in [0.4, 0.5) is 15.2 Å². The van der Waals surface area contributed by atoms with E-state index < -0.39 is 22.3 Å². The van der Waals surface area contributed by atoms with E-state index in [1.54, 1.807) is 0 Å². The molecule has 0 aliphatic rings. The number of anilines is 1. The van der Waals surface area contributed by atoms with Crippen molar-refractivity contribution in [2.75, 3.05) is 46.3 Å². The number of hydrogen-bond acceptors (Lipinski definition) is 8. The summed E-state index contributed by atoms with van der Waals surface area (Å²) in [5, 5.41) is 12.0. The molecule has 0 saturated carbocycles. The molecule has 2 aromatic carbocycles. The number of nitro groups is 1. The predicted octanol–water partition coefficient (Wildman–Crippen LogP) is 3.57. The van der Waals surface area contributed by atoms with E-state index >= 15 is 0 Å². The Morgan fingerprint density at radius 1 is 1.16 bits per heavy atom. The van der Waals surface area contributed by atoms with Crippen LogP contribution in [-0.4, -0.2) is 62.1 Å². The van der Waals surface area contributed by atoms with E-state index in [1.807, 2.05) is 19.0 Å². The number of aromatic nitrogens is 1. The number of hydrogen-bond donors (Lipinski definition) is 0. The standard InChI is InChI=1S/C20H21FN4O5S/c1-23(2)7-8-24(20-22-14-6-5-12(21)9-18(14)31-20)19(26)13-10-16(29-3)17(30-4)11-15(13)25(27)28/h5-6,9-11H,7-8H2,1-4H3. The van der Waals surface area contributed by atoms with E-state index in [0.717, 1.165) is 17.4 Å². The average Bonchev–Trinajstić information content (AvgIpc) is 3.14. The molecule has 0 saturated heterocycles. The largest absolute Gasteiger partial charge is 0.493 e. The van der Waals surface area contributed by atoms with Crippen LogP contribution in [0.5, 0.6) is 11.5 Å². The molecule has 0 spiro atoms. The van der Waals surface area contributed by atoms with Gasteiger partial charge in [0.1, 0.15) is 11.4 Å². The minimum absolute atomic E-state index is 0.140. The SMILES string of the molecule is COc1cc(C(=O)N(CCN(C)C)c2nc3ccc(F)cc3s2)c([N+](=O)[O-])cc1OC. The van der Waals surface area contributed by atoms with E-state index in [9.17, 15) is 19.3 Å². The zero-order valence-electron chi connectivity index (χ0n) is 17.4. The highest BCUT2D eigenvalue weighted by molar-refractivity contribution is 7.22. The first-order valence-corrected chi connectivity index (χ1v) is 10.00. The lowest BCUT2D eigenvalue weighted by Gasteiger charge is -2.22. The summed E-state index contributed by atoms with van der Waals surface area (Å²) in [6.45, 7) is 0.705. The van der Waals surface area contributed by atoms with Gasteiger partial charge in [-0.2, -0.15) is 0 Å². The number of likely N-dealkylation sites (N-methyl/N-ethyl adjacent to an activating group) is 1. The first-order valence-electron chi connectivity index (χ1n) is 9.18. The lowest BCUT2D eigenvalue weighted by Crippen LogP contribution is -2.37. The fourth-order valence-electron chi connectivity index (χ4n) is 2.92. The summed E-state index contributed by atoms with van der Waals surface area (Å²) in [5.41, 5.74) is -0.0395. The quantitative estimate of drug-likeness (QED) is 0.384. The number of halogens is 1. The summed E-state index contributed by atoms with van der Waals surface area (Å²) in [6.07, 6.45) is 0. The highest BCUT2D eigenvalue weighted by Crippen LogP contribution is 2.37. The summed E-state index contributed by atoms with van der Waals surface area (Å²) in [5.74, 6) is -0.699. The van der Waals surface area contributed by atoms with Crippen LogP contribution in [-0.2, 0) is 0 Å². The first-order chi connectivity index (χ1) is 14.7. The molecular formula is C20H21FN4O5S. The number of nitro benzene ring substituents is 1. The number of carbonyl (C=O) groups is 1. The Balaban J connectivity index is 2.12. The van der Waals surface area contributed by atoms with Gasteiger partial charge in [0, 0.05) is 19.2 Å². The van der Waals surface area contributed by atoms with Gasteiger partial charge in [0.2, 0.25) is 0 Å². The predicted molar refractivity (Wildman–Crippen MR) is 116 cm³/mol. The number of methoxy groups -OCH3 is 2. The molecule has 1 heterocycles. The van der Waals surface area contributed by atoms with Gasteiger partial charge in [-0.05, 0) is 32.3 Å². The molecule has 3 rings (SSSR count). The second-order valence-corrected chi connectivity index (χ2v) is 7.86. The topological polar surface area (TPSA) is 98.0 Å². The molecule has 0 bridgehead atoms. The molecule has 0 radical (unpaired) electrons. The summed E-state index contributed by atoms with van der Waals surface area (Å²) in [4.78, 5) is 32.2. The van der Waals surface area contributed by atoms with Gasteiger partial charge in [-0.25, -0.2) is 9.37 Å². The fourth-order valence-corrected chi connectivity index (χ4v) is 3.94. The zero-order chi connectivity index (χ0) is 22.7. The Bertz CT molecular complexity index is 1130. The molecule has 1 amide bonds. The van der Waals surface area contributed by atoms with Crippen LogP contribution in [0.1, 0.15) is 10.4 Å². The van der Waals surface area contributed by atoms with Crippen molar-refractivity contribution < 1.29 is 23.6 Å². The Morgan fingerprint density at radius 2 is 1.84 bits per heavy atom. The third-order valence-corrected chi connectivity index (χ3v) is 5.56. The number of fused-ring (bicyclic) bond motifs is 1. The van der Waals surface area contributed by atoms with Crippen molar-refractivity contribution in [3.05, 3.63) is 51.8 Å². The van der Waals surface area contributed by atoms with Crippen molar-refractivity contribution >= 4 is 38.3 Å². The van der Waals surface area contributed by atoms with Crippen LogP contribution >= 0.6 is 11.3 Å². The third kappa shape index (κ3) is 4.72. The van der Waals surface area contributed by atoms with E-state index in [0.29, 0.717) is 21.9 Å². The molecule has 0 aliphatic heterocycles. The summed E-state index contributed by atoms with van der Waals surface area (Å²) >= 11 is 1.14. The Labute approximate surface area is 181 Å². The third-order valence-electron chi connectivity index (χ3n) is 4.52. The first kappa shape index (κ1) is 22.4. The van der Waals surface area contributed by atoms with Gasteiger partial charge in [0.15, 0.2) is 16.6 Å². The highest BCUT2D eigenvalue weighted by Gasteiger charge is 2.30. The number of thiazole rings is 1.